The van der Waals surface area contributed by atoms with Gasteiger partial charge in [0.05, 0.1) is 0 Å². The van der Waals surface area contributed by atoms with Crippen molar-refractivity contribution in [3.8, 4) is 0 Å². The van der Waals surface area contributed by atoms with Gasteiger partial charge in [-0.1, -0.05) is 30.7 Å². The molecule has 1 unspecified atom stereocenters. The molecule has 2 heteroatoms. The van der Waals surface area contributed by atoms with Gasteiger partial charge in [0, 0.05) is 12.1 Å². The van der Waals surface area contributed by atoms with Crippen molar-refractivity contribution in [3.05, 3.63) is 35.4 Å². The second-order valence-electron chi connectivity index (χ2n) is 5.32. The highest BCUT2D eigenvalue weighted by Crippen LogP contribution is 2.25. The molecule has 0 radical (unpaired) electrons. The SMILES string of the molecule is Cc1ccccc1C(N)CCN(C)C1CCC1. The zero-order valence-electron chi connectivity index (χ0n) is 11.0. The predicted molar refractivity (Wildman–Crippen MR) is 73.0 cm³/mol. The van der Waals surface area contributed by atoms with Crippen molar-refractivity contribution in [2.45, 2.75) is 44.7 Å². The maximum Gasteiger partial charge on any atom is 0.0309 e. The average molecular weight is 232 g/mol. The molecule has 17 heavy (non-hydrogen) atoms. The first-order valence-corrected chi connectivity index (χ1v) is 6.70. The summed E-state index contributed by atoms with van der Waals surface area (Å²) in [5.41, 5.74) is 8.89. The van der Waals surface area contributed by atoms with E-state index in [0.717, 1.165) is 19.0 Å². The van der Waals surface area contributed by atoms with Crippen LogP contribution in [0.15, 0.2) is 24.3 Å². The number of aryl methyl sites for hydroxylation is 1. The largest absolute Gasteiger partial charge is 0.324 e. The van der Waals surface area contributed by atoms with Crippen LogP contribution in [0.5, 0.6) is 0 Å². The minimum absolute atomic E-state index is 0.179. The lowest BCUT2D eigenvalue weighted by Gasteiger charge is -2.35. The molecule has 0 bridgehead atoms. The van der Waals surface area contributed by atoms with E-state index in [1.54, 1.807) is 0 Å². The summed E-state index contributed by atoms with van der Waals surface area (Å²) in [7, 11) is 2.23. The molecule has 0 saturated heterocycles. The Balaban J connectivity index is 1.84. The Morgan fingerprint density at radius 2 is 2.06 bits per heavy atom. The maximum atomic E-state index is 6.28. The van der Waals surface area contributed by atoms with Crippen molar-refractivity contribution in [2.24, 2.45) is 5.73 Å². The van der Waals surface area contributed by atoms with Crippen LogP contribution in [-0.2, 0) is 0 Å². The van der Waals surface area contributed by atoms with Gasteiger partial charge in [-0.15, -0.1) is 0 Å². The molecule has 0 aliphatic heterocycles. The summed E-state index contributed by atoms with van der Waals surface area (Å²) in [6, 6.07) is 9.45. The molecule has 1 atom stereocenters. The van der Waals surface area contributed by atoms with E-state index in [0.29, 0.717) is 0 Å². The van der Waals surface area contributed by atoms with Gasteiger partial charge in [-0.05, 0) is 50.9 Å². The van der Waals surface area contributed by atoms with E-state index in [9.17, 15) is 0 Å². The number of hydrogen-bond donors (Lipinski definition) is 1. The van der Waals surface area contributed by atoms with Gasteiger partial charge < -0.3 is 10.6 Å². The standard InChI is InChI=1S/C15H24N2/c1-12-6-3-4-9-14(12)15(16)10-11-17(2)13-7-5-8-13/h3-4,6,9,13,15H,5,7-8,10-11,16H2,1-2H3. The minimum atomic E-state index is 0.179. The minimum Gasteiger partial charge on any atom is -0.324 e. The predicted octanol–water partition coefficient (Wildman–Crippen LogP) is 2.87. The summed E-state index contributed by atoms with van der Waals surface area (Å²) in [4.78, 5) is 2.47. The fraction of sp³-hybridized carbons (Fsp3) is 0.600. The Labute approximate surface area is 105 Å². The molecule has 2 N–H and O–H groups in total. The summed E-state index contributed by atoms with van der Waals surface area (Å²) in [5.74, 6) is 0. The van der Waals surface area contributed by atoms with Crippen LogP contribution < -0.4 is 5.73 Å². The smallest absolute Gasteiger partial charge is 0.0309 e. The molecule has 2 rings (SSSR count). The highest BCUT2D eigenvalue weighted by atomic mass is 15.1. The van der Waals surface area contributed by atoms with E-state index in [4.69, 9.17) is 5.73 Å². The fourth-order valence-electron chi connectivity index (χ4n) is 2.51. The zero-order valence-corrected chi connectivity index (χ0v) is 11.0. The van der Waals surface area contributed by atoms with Crippen LogP contribution in [-0.4, -0.2) is 24.5 Å². The van der Waals surface area contributed by atoms with Crippen LogP contribution >= 0.6 is 0 Å². The molecule has 0 heterocycles. The second-order valence-corrected chi connectivity index (χ2v) is 5.32. The van der Waals surface area contributed by atoms with Crippen molar-refractivity contribution in [1.29, 1.82) is 0 Å². The Morgan fingerprint density at radius 3 is 2.65 bits per heavy atom. The summed E-state index contributed by atoms with van der Waals surface area (Å²) >= 11 is 0. The van der Waals surface area contributed by atoms with Crippen molar-refractivity contribution in [2.75, 3.05) is 13.6 Å². The molecule has 0 aromatic heterocycles. The number of hydrogen-bond acceptors (Lipinski definition) is 2. The van der Waals surface area contributed by atoms with Crippen LogP contribution in [0.25, 0.3) is 0 Å². The lowest BCUT2D eigenvalue weighted by molar-refractivity contribution is 0.155. The fourth-order valence-corrected chi connectivity index (χ4v) is 2.51. The lowest BCUT2D eigenvalue weighted by atomic mass is 9.91. The number of benzene rings is 1. The highest BCUT2D eigenvalue weighted by molar-refractivity contribution is 5.28. The van der Waals surface area contributed by atoms with Gasteiger partial charge in [-0.2, -0.15) is 0 Å². The van der Waals surface area contributed by atoms with Crippen molar-refractivity contribution in [1.82, 2.24) is 4.90 Å². The summed E-state index contributed by atoms with van der Waals surface area (Å²) in [6.45, 7) is 3.25. The van der Waals surface area contributed by atoms with Gasteiger partial charge in [-0.25, -0.2) is 0 Å². The number of nitrogens with two attached hydrogens (primary N) is 1. The first-order chi connectivity index (χ1) is 8.18. The Hall–Kier alpha value is -0.860. The van der Waals surface area contributed by atoms with Gasteiger partial charge in [-0.3, -0.25) is 0 Å². The van der Waals surface area contributed by atoms with E-state index in [-0.39, 0.29) is 6.04 Å². The first-order valence-electron chi connectivity index (χ1n) is 6.70. The van der Waals surface area contributed by atoms with E-state index in [1.165, 1.54) is 30.4 Å². The second kappa shape index (κ2) is 5.65. The van der Waals surface area contributed by atoms with Gasteiger partial charge in [0.25, 0.3) is 0 Å². The summed E-state index contributed by atoms with van der Waals surface area (Å²) < 4.78 is 0. The van der Waals surface area contributed by atoms with Gasteiger partial charge in [0.2, 0.25) is 0 Å². The first kappa shape index (κ1) is 12.6. The Bertz CT molecular complexity index is 358. The molecule has 1 aliphatic carbocycles. The molecule has 0 amide bonds. The van der Waals surface area contributed by atoms with Crippen LogP contribution in [0, 0.1) is 6.92 Å². The van der Waals surface area contributed by atoms with E-state index >= 15 is 0 Å². The number of nitrogens with zero attached hydrogens (tertiary/aromatic N) is 1. The van der Waals surface area contributed by atoms with Gasteiger partial charge in [0.15, 0.2) is 0 Å². The molecule has 0 spiro atoms. The normalized spacial score (nSPS) is 18.1. The van der Waals surface area contributed by atoms with E-state index < -0.39 is 0 Å². The monoisotopic (exact) mass is 232 g/mol. The molecule has 1 saturated carbocycles. The molecular formula is C15H24N2. The zero-order chi connectivity index (χ0) is 12.3. The van der Waals surface area contributed by atoms with Crippen molar-refractivity contribution < 1.29 is 0 Å². The van der Waals surface area contributed by atoms with Gasteiger partial charge >= 0.3 is 0 Å². The molecule has 94 valence electrons. The average Bonchev–Trinajstić information content (AvgIpc) is 2.24. The third-order valence-corrected chi connectivity index (χ3v) is 4.08. The van der Waals surface area contributed by atoms with Crippen LogP contribution in [0.4, 0.5) is 0 Å². The summed E-state index contributed by atoms with van der Waals surface area (Å²) in [6.07, 6.45) is 5.20. The Kier molecular flexibility index (Phi) is 4.19. The Morgan fingerprint density at radius 1 is 1.35 bits per heavy atom. The van der Waals surface area contributed by atoms with Crippen LogP contribution in [0.3, 0.4) is 0 Å². The molecule has 1 aromatic carbocycles. The third kappa shape index (κ3) is 3.08. The maximum absolute atomic E-state index is 6.28. The molecule has 1 aromatic rings. The van der Waals surface area contributed by atoms with Crippen molar-refractivity contribution in [3.63, 3.8) is 0 Å². The van der Waals surface area contributed by atoms with Gasteiger partial charge in [0.1, 0.15) is 0 Å². The van der Waals surface area contributed by atoms with Crippen LogP contribution in [0.1, 0.15) is 42.9 Å². The molecule has 2 nitrogen and oxygen atoms in total. The summed E-state index contributed by atoms with van der Waals surface area (Å²) in [5, 5.41) is 0. The lowest BCUT2D eigenvalue weighted by Crippen LogP contribution is -2.38. The number of rotatable bonds is 5. The topological polar surface area (TPSA) is 29.3 Å². The molecular weight excluding hydrogens is 208 g/mol. The van der Waals surface area contributed by atoms with E-state index in [1.807, 2.05) is 0 Å². The van der Waals surface area contributed by atoms with E-state index in [2.05, 4.69) is 43.1 Å². The van der Waals surface area contributed by atoms with Crippen molar-refractivity contribution >= 4 is 0 Å². The third-order valence-electron chi connectivity index (χ3n) is 4.08. The molecule has 1 fully saturated rings. The molecule has 1 aliphatic rings. The highest BCUT2D eigenvalue weighted by Gasteiger charge is 2.22. The van der Waals surface area contributed by atoms with Crippen LogP contribution in [0.2, 0.25) is 0 Å². The quantitative estimate of drug-likeness (QED) is 0.846.